The highest BCUT2D eigenvalue weighted by Gasteiger charge is 2.61. The lowest BCUT2D eigenvalue weighted by Crippen LogP contribution is -2.71. The second-order valence-corrected chi connectivity index (χ2v) is 27.4. The summed E-state index contributed by atoms with van der Waals surface area (Å²) in [7, 11) is 0. The van der Waals surface area contributed by atoms with E-state index in [2.05, 4.69) is 16.0 Å². The number of rotatable bonds is 26. The summed E-state index contributed by atoms with van der Waals surface area (Å²) in [5, 5.41) is 272. The Kier molecular flexibility index (Phi) is 31.0. The van der Waals surface area contributed by atoms with Crippen LogP contribution in [0, 0.1) is 0 Å². The Morgan fingerprint density at radius 1 is 0.262 bits per heavy atom. The molecular weight excluding hydrogens is 1470 g/mol. The summed E-state index contributed by atoms with van der Waals surface area (Å²) in [6.45, 7) is -1.93. The lowest BCUT2D eigenvalue weighted by Gasteiger charge is -2.51. The molecule has 9 aliphatic rings. The fraction of sp³-hybridized carbons (Fsp3) is 0.950. The van der Waals surface area contributed by atoms with Crippen molar-refractivity contribution in [1.82, 2.24) is 16.0 Å². The van der Waals surface area contributed by atoms with Gasteiger partial charge in [-0.05, 0) is 13.8 Å². The second-order valence-electron chi connectivity index (χ2n) is 27.4. The maximum Gasteiger partial charge on any atom is 0.217 e. The normalized spacial score (nSPS) is 50.7. The lowest BCUT2D eigenvalue weighted by atomic mass is 9.93. The van der Waals surface area contributed by atoms with Crippen LogP contribution in [0.2, 0.25) is 0 Å². The first-order valence-corrected chi connectivity index (χ1v) is 34.3. The van der Waals surface area contributed by atoms with E-state index >= 15 is 0 Å². The molecule has 9 fully saturated rings. The molecule has 620 valence electrons. The third kappa shape index (κ3) is 19.3. The number of nitrogens with one attached hydrogen (secondary N) is 3. The molecule has 9 saturated heterocycles. The average molecular weight is 1570 g/mol. The number of aliphatic hydroxyl groups excluding tert-OH is 24. The molecule has 0 aliphatic carbocycles. The largest absolute Gasteiger partial charge is 0.394 e. The quantitative estimate of drug-likeness (QED) is 0.0382. The smallest absolute Gasteiger partial charge is 0.217 e. The summed E-state index contributed by atoms with van der Waals surface area (Å²) >= 11 is 0. The number of carbonyl (C=O) groups excluding carboxylic acids is 3. The van der Waals surface area contributed by atoms with Crippen molar-refractivity contribution in [3.8, 4) is 0 Å². The van der Waals surface area contributed by atoms with Crippen molar-refractivity contribution < 1.29 is 217 Å². The van der Waals surface area contributed by atoms with Crippen LogP contribution in [0.25, 0.3) is 0 Å². The van der Waals surface area contributed by atoms with Crippen LogP contribution >= 0.6 is 0 Å². The van der Waals surface area contributed by atoms with E-state index in [4.69, 9.17) is 80.5 Å². The number of hydrogen-bond donors (Lipinski definition) is 27. The van der Waals surface area contributed by atoms with Gasteiger partial charge < -0.3 is 219 Å². The molecule has 0 spiro atoms. The van der Waals surface area contributed by atoms with Crippen LogP contribution in [0.1, 0.15) is 34.6 Å². The summed E-state index contributed by atoms with van der Waals surface area (Å²) < 4.78 is 101. The number of carbonyl (C=O) groups is 3. The summed E-state index contributed by atoms with van der Waals surface area (Å²) in [4.78, 5) is 38.7. The van der Waals surface area contributed by atoms with Crippen molar-refractivity contribution in [2.24, 2.45) is 0 Å². The van der Waals surface area contributed by atoms with E-state index in [1.807, 2.05) is 0 Å². The third-order valence-corrected chi connectivity index (χ3v) is 19.9. The molecule has 3 amide bonds. The highest BCUT2D eigenvalue weighted by Crippen LogP contribution is 2.40. The minimum atomic E-state index is -2.44. The van der Waals surface area contributed by atoms with Gasteiger partial charge in [-0.1, -0.05) is 0 Å². The summed E-state index contributed by atoms with van der Waals surface area (Å²) in [6, 6.07) is -5.59. The Hall–Kier alpha value is -3.23. The number of aliphatic hydroxyl groups is 24. The number of ether oxygens (including phenoxy) is 17. The first-order valence-electron chi connectivity index (χ1n) is 34.3. The van der Waals surface area contributed by atoms with Crippen molar-refractivity contribution in [1.29, 1.82) is 0 Å². The van der Waals surface area contributed by atoms with Gasteiger partial charge in [-0.25, -0.2) is 0 Å². The minimum absolute atomic E-state index is 0.809. The van der Waals surface area contributed by atoms with Crippen molar-refractivity contribution in [2.45, 2.75) is 311 Å². The molecule has 0 saturated carbocycles. The Balaban J connectivity index is 1.02. The standard InChI is InChI=1S/C60H101N3O44/c1-13-28(72)36(80)41(85)55(93-13)91-12-24-47(34(78)25(52(90)95-24)61-15(3)69)102-53-26(62-16(4)70)35(79)46(21(9-67)99-53)103-59-45(89)50(106-58-44(88)39(83)31(75)19(7-65)97-58)33(77)23(101-59)11-92-60-51(40(84)32(76)20(8-66)98-60)107-54-27(63-17(5)71)49(105-56-42(86)37(81)29(73)14(2)94-56)48(22(10-68)100-54)104-57-43(87)38(82)30(74)18(6-64)96-57/h13-14,18-60,64-68,72-90H,6-12H2,1-5H3,(H,61,69)(H,62,70)(H,63,71)/t13-,14-,18+,19+,20+,21+,22+,23+,24+,25+,26+,27+,28+,29+,30-,31+,32+,33+,34+,35+,36+,37+,38-,39-,40-,41-,42-,43+,44-,45-,46+,47+,48+,49+,50-,51-,52?,53-,54-,55+,56-,57-,58+,59-,60-/m0/s1. The molecule has 0 bridgehead atoms. The van der Waals surface area contributed by atoms with Gasteiger partial charge in [0.05, 0.1) is 58.5 Å². The van der Waals surface area contributed by atoms with Gasteiger partial charge in [-0.15, -0.1) is 0 Å². The number of amides is 3. The summed E-state index contributed by atoms with van der Waals surface area (Å²) in [5.41, 5.74) is 0. The molecule has 9 rings (SSSR count). The van der Waals surface area contributed by atoms with Gasteiger partial charge in [0.15, 0.2) is 56.6 Å². The van der Waals surface area contributed by atoms with Crippen LogP contribution in [0.3, 0.4) is 0 Å². The van der Waals surface area contributed by atoms with E-state index in [1.165, 1.54) is 13.8 Å². The predicted molar refractivity (Wildman–Crippen MR) is 329 cm³/mol. The minimum Gasteiger partial charge on any atom is -0.394 e. The first kappa shape index (κ1) is 87.7. The molecule has 47 nitrogen and oxygen atoms in total. The van der Waals surface area contributed by atoms with Crippen LogP contribution in [0.4, 0.5) is 0 Å². The van der Waals surface area contributed by atoms with Crippen molar-refractivity contribution in [3.05, 3.63) is 0 Å². The molecule has 107 heavy (non-hydrogen) atoms. The van der Waals surface area contributed by atoms with E-state index < -0.39 is 340 Å². The zero-order valence-corrected chi connectivity index (χ0v) is 57.8. The molecule has 0 aromatic carbocycles. The third-order valence-electron chi connectivity index (χ3n) is 19.9. The molecule has 9 heterocycles. The Morgan fingerprint density at radius 3 is 1.10 bits per heavy atom. The SMILES string of the molecule is CC(=O)N[C@H]1[C@H](O[C@H]2[C@H](O)[C@@H](NC(C)=O)C(O)O[C@@H]2CO[C@@H]2O[C@@H](C)[C@@H](O)[C@@H](O)[C@@H]2O)O[C@H](CO)[C@@H](O[C@@H]2O[C@H](CO[C@H]3O[C@H](CO)[C@@H](O)[C@H](O)[C@@H]3O[C@@H]3O[C@H](CO)[C@@H](O[C@@H]4O[C@H](CO)[C@H](O)[C@H](O)[C@H]4O)[C@H](O[C@@H]4O[C@@H](C)[C@@H](O)[C@@H](O)[C@@H]4O)[C@H]3NC(C)=O)[C@@H](O)[C@H](O[C@H]3O[C@H](CO)[C@@H](O)[C@H](O)[C@@H]3O)[C@@H]2O)[C@@H]1O. The Bertz CT molecular complexity index is 2800. The molecule has 1 unspecified atom stereocenters. The van der Waals surface area contributed by atoms with Crippen molar-refractivity contribution in [2.75, 3.05) is 46.2 Å². The highest BCUT2D eigenvalue weighted by molar-refractivity contribution is 5.74. The summed E-state index contributed by atoms with van der Waals surface area (Å²) in [5.74, 6) is -2.71. The highest BCUT2D eigenvalue weighted by atomic mass is 16.8. The molecule has 27 N–H and O–H groups in total. The Labute approximate surface area is 606 Å². The van der Waals surface area contributed by atoms with Gasteiger partial charge in [0.25, 0.3) is 0 Å². The fourth-order valence-corrected chi connectivity index (χ4v) is 13.8. The van der Waals surface area contributed by atoms with Crippen LogP contribution in [-0.2, 0) is 94.9 Å². The molecule has 45 atom stereocenters. The topological polar surface area (TPSA) is 730 Å². The van der Waals surface area contributed by atoms with Gasteiger partial charge >= 0.3 is 0 Å². The maximum absolute atomic E-state index is 13.3. The first-order chi connectivity index (χ1) is 50.5. The van der Waals surface area contributed by atoms with Crippen LogP contribution < -0.4 is 16.0 Å². The molecular formula is C60H101N3O44. The van der Waals surface area contributed by atoms with E-state index in [-0.39, 0.29) is 0 Å². The molecule has 9 aliphatic heterocycles. The average Bonchev–Trinajstić information content (AvgIpc) is 0.766. The van der Waals surface area contributed by atoms with Crippen molar-refractivity contribution >= 4 is 17.7 Å². The van der Waals surface area contributed by atoms with Crippen LogP contribution in [0.15, 0.2) is 0 Å². The van der Waals surface area contributed by atoms with Crippen molar-refractivity contribution in [3.63, 3.8) is 0 Å². The van der Waals surface area contributed by atoms with Gasteiger partial charge in [0.1, 0.15) is 207 Å². The second kappa shape index (κ2) is 37.8. The summed E-state index contributed by atoms with van der Waals surface area (Å²) in [6.07, 6.45) is -83.7. The van der Waals surface area contributed by atoms with Crippen LogP contribution in [-0.4, -0.2) is 463 Å². The zero-order valence-electron chi connectivity index (χ0n) is 57.8. The maximum atomic E-state index is 13.3. The van der Waals surface area contributed by atoms with Gasteiger partial charge in [-0.3, -0.25) is 14.4 Å². The lowest BCUT2D eigenvalue weighted by molar-refractivity contribution is -0.394. The molecule has 0 radical (unpaired) electrons. The van der Waals surface area contributed by atoms with Gasteiger partial charge in [0.2, 0.25) is 17.7 Å². The van der Waals surface area contributed by atoms with E-state index in [1.54, 1.807) is 0 Å². The number of hydrogen-bond acceptors (Lipinski definition) is 44. The molecule has 47 heteroatoms. The monoisotopic (exact) mass is 1570 g/mol. The van der Waals surface area contributed by atoms with Gasteiger partial charge in [-0.2, -0.15) is 0 Å². The predicted octanol–water partition coefficient (Wildman–Crippen LogP) is -18.1. The fourth-order valence-electron chi connectivity index (χ4n) is 13.8. The van der Waals surface area contributed by atoms with Gasteiger partial charge in [0, 0.05) is 20.8 Å². The zero-order chi connectivity index (χ0) is 78.8. The molecule has 0 aromatic rings. The van der Waals surface area contributed by atoms with Crippen LogP contribution in [0.5, 0.6) is 0 Å². The van der Waals surface area contributed by atoms with E-state index in [9.17, 15) is 137 Å². The Morgan fingerprint density at radius 2 is 0.589 bits per heavy atom. The van der Waals surface area contributed by atoms with E-state index in [0.29, 0.717) is 0 Å². The van der Waals surface area contributed by atoms with E-state index in [0.717, 1.165) is 20.8 Å². The molecule has 0 aromatic heterocycles.